The van der Waals surface area contributed by atoms with Gasteiger partial charge in [0.25, 0.3) is 11.6 Å². The van der Waals surface area contributed by atoms with Crippen molar-refractivity contribution < 1.29 is 24.0 Å². The number of hydrogen-bond acceptors (Lipinski definition) is 7. The summed E-state index contributed by atoms with van der Waals surface area (Å²) in [6.45, 7) is 2.83. The average molecular weight is 399 g/mol. The second-order valence-electron chi connectivity index (χ2n) is 6.52. The van der Waals surface area contributed by atoms with Crippen molar-refractivity contribution in [3.8, 4) is 0 Å². The van der Waals surface area contributed by atoms with Crippen molar-refractivity contribution in [2.24, 2.45) is 0 Å². The lowest BCUT2D eigenvalue weighted by atomic mass is 10.1. The maximum Gasteiger partial charge on any atom is 0.341 e. The number of esters is 1. The summed E-state index contributed by atoms with van der Waals surface area (Å²) < 4.78 is 5.20. The highest BCUT2D eigenvalue weighted by atomic mass is 16.6. The zero-order chi connectivity index (χ0) is 21.7. The highest BCUT2D eigenvalue weighted by Crippen LogP contribution is 2.25. The van der Waals surface area contributed by atoms with Crippen LogP contribution in [-0.2, 0) is 9.53 Å². The van der Waals surface area contributed by atoms with Gasteiger partial charge in [-0.1, -0.05) is 0 Å². The first-order chi connectivity index (χ1) is 13.6. The van der Waals surface area contributed by atoms with E-state index in [1.165, 1.54) is 26.0 Å². The van der Waals surface area contributed by atoms with Crippen molar-refractivity contribution in [2.75, 3.05) is 24.3 Å². The van der Waals surface area contributed by atoms with Crippen LogP contribution in [0.15, 0.2) is 42.5 Å². The maximum absolute atomic E-state index is 12.5. The SMILES string of the molecule is CC(=O)c1ccc(NC(=O)[C@H](C)OC(=O)c2cc([N+](=O)[O-])ccc2N(C)C)cc1. The predicted octanol–water partition coefficient (Wildman–Crippen LogP) is 3.05. The predicted molar refractivity (Wildman–Crippen MR) is 107 cm³/mol. The molecule has 2 aromatic rings. The molecule has 0 aliphatic heterocycles. The van der Waals surface area contributed by atoms with E-state index in [2.05, 4.69) is 5.32 Å². The lowest BCUT2D eigenvalue weighted by Gasteiger charge is -2.18. The molecule has 1 N–H and O–H groups in total. The number of non-ortho nitro benzene ring substituents is 1. The third-order valence-corrected chi connectivity index (χ3v) is 4.10. The molecule has 0 heterocycles. The first-order valence-electron chi connectivity index (χ1n) is 8.68. The molecule has 0 unspecified atom stereocenters. The molecule has 9 heteroatoms. The van der Waals surface area contributed by atoms with Crippen LogP contribution in [0, 0.1) is 10.1 Å². The fraction of sp³-hybridized carbons (Fsp3) is 0.250. The lowest BCUT2D eigenvalue weighted by Crippen LogP contribution is -2.30. The monoisotopic (exact) mass is 399 g/mol. The molecule has 2 aromatic carbocycles. The first kappa shape index (κ1) is 21.5. The summed E-state index contributed by atoms with van der Waals surface area (Å²) in [7, 11) is 3.36. The number of benzene rings is 2. The van der Waals surface area contributed by atoms with Crippen LogP contribution in [0.5, 0.6) is 0 Å². The Morgan fingerprint density at radius 1 is 1.10 bits per heavy atom. The Morgan fingerprint density at radius 3 is 2.24 bits per heavy atom. The van der Waals surface area contributed by atoms with Gasteiger partial charge in [0, 0.05) is 37.5 Å². The summed E-state index contributed by atoms with van der Waals surface area (Å²) in [5.74, 6) is -1.53. The molecule has 1 amide bonds. The topological polar surface area (TPSA) is 119 Å². The van der Waals surface area contributed by atoms with Crippen molar-refractivity contribution in [2.45, 2.75) is 20.0 Å². The molecule has 0 radical (unpaired) electrons. The van der Waals surface area contributed by atoms with Crippen molar-refractivity contribution in [1.82, 2.24) is 0 Å². The molecule has 0 spiro atoms. The van der Waals surface area contributed by atoms with E-state index in [4.69, 9.17) is 4.74 Å². The van der Waals surface area contributed by atoms with Crippen LogP contribution in [0.3, 0.4) is 0 Å². The third kappa shape index (κ3) is 5.38. The number of carbonyl (C=O) groups excluding carboxylic acids is 3. The van der Waals surface area contributed by atoms with Gasteiger partial charge < -0.3 is 15.0 Å². The highest BCUT2D eigenvalue weighted by Gasteiger charge is 2.24. The molecule has 0 saturated heterocycles. The van der Waals surface area contributed by atoms with E-state index < -0.39 is 22.9 Å². The molecular weight excluding hydrogens is 378 g/mol. The van der Waals surface area contributed by atoms with E-state index in [9.17, 15) is 24.5 Å². The van der Waals surface area contributed by atoms with Gasteiger partial charge in [0.2, 0.25) is 0 Å². The Balaban J connectivity index is 2.13. The van der Waals surface area contributed by atoms with Crippen molar-refractivity contribution in [3.63, 3.8) is 0 Å². The van der Waals surface area contributed by atoms with Crippen LogP contribution in [-0.4, -0.2) is 42.8 Å². The van der Waals surface area contributed by atoms with Gasteiger partial charge >= 0.3 is 5.97 Å². The molecule has 0 fully saturated rings. The molecule has 1 atom stereocenters. The number of amides is 1. The summed E-state index contributed by atoms with van der Waals surface area (Å²) in [6, 6.07) is 10.1. The van der Waals surface area contributed by atoms with Crippen LogP contribution < -0.4 is 10.2 Å². The minimum atomic E-state index is -1.15. The lowest BCUT2D eigenvalue weighted by molar-refractivity contribution is -0.384. The number of nitro benzene ring substituents is 1. The van der Waals surface area contributed by atoms with Gasteiger partial charge in [-0.05, 0) is 44.2 Å². The van der Waals surface area contributed by atoms with Crippen LogP contribution in [0.2, 0.25) is 0 Å². The molecule has 29 heavy (non-hydrogen) atoms. The zero-order valence-corrected chi connectivity index (χ0v) is 16.5. The summed E-state index contributed by atoms with van der Waals surface area (Å²) in [6.07, 6.45) is -1.15. The minimum Gasteiger partial charge on any atom is -0.449 e. The van der Waals surface area contributed by atoms with Crippen molar-refractivity contribution in [1.29, 1.82) is 0 Å². The largest absolute Gasteiger partial charge is 0.449 e. The van der Waals surface area contributed by atoms with E-state index in [0.717, 1.165) is 6.07 Å². The van der Waals surface area contributed by atoms with E-state index >= 15 is 0 Å². The van der Waals surface area contributed by atoms with Crippen molar-refractivity contribution in [3.05, 3.63) is 63.7 Å². The molecule has 0 saturated carbocycles. The second kappa shape index (κ2) is 8.96. The average Bonchev–Trinajstić information content (AvgIpc) is 2.67. The van der Waals surface area contributed by atoms with Gasteiger partial charge in [0.1, 0.15) is 0 Å². The molecule has 2 rings (SSSR count). The molecule has 0 aliphatic carbocycles. The summed E-state index contributed by atoms with van der Waals surface area (Å²) in [5.41, 5.74) is 1.09. The van der Waals surface area contributed by atoms with Gasteiger partial charge in [0.05, 0.1) is 16.2 Å². The number of Topliss-reactive ketones (excluding diaryl/α,β-unsaturated/α-hetero) is 1. The molecule has 0 bridgehead atoms. The van der Waals surface area contributed by atoms with Gasteiger partial charge in [-0.25, -0.2) is 4.79 Å². The van der Waals surface area contributed by atoms with E-state index in [-0.39, 0.29) is 17.0 Å². The smallest absolute Gasteiger partial charge is 0.341 e. The van der Waals surface area contributed by atoms with Crippen LogP contribution in [0.4, 0.5) is 17.1 Å². The maximum atomic E-state index is 12.5. The van der Waals surface area contributed by atoms with Crippen molar-refractivity contribution >= 4 is 34.7 Å². The number of hydrogen-bond donors (Lipinski definition) is 1. The fourth-order valence-corrected chi connectivity index (χ4v) is 2.50. The van der Waals surface area contributed by atoms with Gasteiger partial charge in [-0.15, -0.1) is 0 Å². The number of carbonyl (C=O) groups is 3. The summed E-state index contributed by atoms with van der Waals surface area (Å²) in [4.78, 5) is 48.2. The zero-order valence-electron chi connectivity index (χ0n) is 16.5. The number of anilines is 2. The molecule has 9 nitrogen and oxygen atoms in total. The fourth-order valence-electron chi connectivity index (χ4n) is 2.50. The Kier molecular flexibility index (Phi) is 6.66. The standard InChI is InChI=1S/C20H21N3O6/c1-12(24)14-5-7-15(8-6-14)21-19(25)13(2)29-20(26)17-11-16(23(27)28)9-10-18(17)22(3)4/h5-11,13H,1-4H3,(H,21,25)/t13-/m0/s1. The van der Waals surface area contributed by atoms with Crippen LogP contribution >= 0.6 is 0 Å². The Morgan fingerprint density at radius 2 is 1.72 bits per heavy atom. The number of ether oxygens (including phenoxy) is 1. The molecule has 0 aromatic heterocycles. The number of nitrogens with one attached hydrogen (secondary N) is 1. The Labute approximate surface area is 167 Å². The number of nitrogens with zero attached hydrogens (tertiary/aromatic N) is 2. The molecule has 152 valence electrons. The Bertz CT molecular complexity index is 953. The van der Waals surface area contributed by atoms with Gasteiger partial charge in [-0.3, -0.25) is 19.7 Å². The number of nitro groups is 1. The van der Waals surface area contributed by atoms with Gasteiger partial charge in [-0.2, -0.15) is 0 Å². The molecule has 0 aliphatic rings. The summed E-state index contributed by atoms with van der Waals surface area (Å²) in [5, 5.41) is 13.6. The quantitative estimate of drug-likeness (QED) is 0.329. The van der Waals surface area contributed by atoms with E-state index in [0.29, 0.717) is 16.9 Å². The van der Waals surface area contributed by atoms with Crippen LogP contribution in [0.25, 0.3) is 0 Å². The second-order valence-corrected chi connectivity index (χ2v) is 6.52. The normalized spacial score (nSPS) is 11.3. The first-order valence-corrected chi connectivity index (χ1v) is 8.68. The highest BCUT2D eigenvalue weighted by molar-refractivity contribution is 6.00. The van der Waals surface area contributed by atoms with E-state index in [1.807, 2.05) is 0 Å². The third-order valence-electron chi connectivity index (χ3n) is 4.10. The van der Waals surface area contributed by atoms with Gasteiger partial charge in [0.15, 0.2) is 11.9 Å². The molecular formula is C20H21N3O6. The van der Waals surface area contributed by atoms with Crippen LogP contribution in [0.1, 0.15) is 34.6 Å². The summed E-state index contributed by atoms with van der Waals surface area (Å²) >= 11 is 0. The van der Waals surface area contributed by atoms with E-state index in [1.54, 1.807) is 43.3 Å². The number of rotatable bonds is 7. The number of ketones is 1. The minimum absolute atomic E-state index is 0.0188. The Hall–Kier alpha value is -3.75.